The molecule has 2 aliphatic heterocycles. The highest BCUT2D eigenvalue weighted by atomic mass is 32.2. The zero-order valence-electron chi connectivity index (χ0n) is 11.1. The number of hydrogen-bond donors (Lipinski definition) is 1. The average Bonchev–Trinajstić information content (AvgIpc) is 2.46. The molecule has 21 heavy (non-hydrogen) atoms. The summed E-state index contributed by atoms with van der Waals surface area (Å²) in [6, 6.07) is 8.97. The van der Waals surface area contributed by atoms with Gasteiger partial charge in [-0.3, -0.25) is 4.79 Å². The fraction of sp³-hybridized carbons (Fsp3) is 0.143. The van der Waals surface area contributed by atoms with E-state index in [1.807, 2.05) is 6.07 Å². The zero-order valence-corrected chi connectivity index (χ0v) is 11.9. The Morgan fingerprint density at radius 3 is 2.76 bits per heavy atom. The van der Waals surface area contributed by atoms with E-state index in [4.69, 9.17) is 0 Å². The third kappa shape index (κ3) is 2.87. The van der Waals surface area contributed by atoms with E-state index in [2.05, 4.69) is 9.71 Å². The Labute approximate surface area is 122 Å². The molecule has 0 saturated heterocycles. The molecule has 3 rings (SSSR count). The summed E-state index contributed by atoms with van der Waals surface area (Å²) in [6.07, 6.45) is 4.98. The first kappa shape index (κ1) is 13.6. The third-order valence-corrected chi connectivity index (χ3v) is 4.28. The summed E-state index contributed by atoms with van der Waals surface area (Å²) in [5.74, 6) is -0.252. The lowest BCUT2D eigenvalue weighted by Crippen LogP contribution is -2.40. The van der Waals surface area contributed by atoms with Crippen molar-refractivity contribution in [3.8, 4) is 0 Å². The van der Waals surface area contributed by atoms with Gasteiger partial charge >= 0.3 is 0 Å². The largest absolute Gasteiger partial charge is 0.331 e. The number of carbonyl (C=O) groups excluding carboxylic acids is 1. The van der Waals surface area contributed by atoms with E-state index in [-0.39, 0.29) is 23.1 Å². The minimum atomic E-state index is -3.50. The normalized spacial score (nSPS) is 19.3. The number of rotatable bonds is 2. The quantitative estimate of drug-likeness (QED) is 0.888. The first-order valence-corrected chi connectivity index (χ1v) is 8.01. The monoisotopic (exact) mass is 303 g/mol. The molecular formula is C14H13N3O3S. The molecule has 2 heterocycles. The number of nitrogens with one attached hydrogen (secondary N) is 1. The van der Waals surface area contributed by atoms with Crippen molar-refractivity contribution >= 4 is 27.5 Å². The number of amidine groups is 1. The highest BCUT2D eigenvalue weighted by Crippen LogP contribution is 2.19. The minimum absolute atomic E-state index is 0.0472. The molecule has 0 spiro atoms. The highest BCUT2D eigenvalue weighted by molar-refractivity contribution is 7.90. The summed E-state index contributed by atoms with van der Waals surface area (Å²) >= 11 is 0. The molecule has 1 N–H and O–H groups in total. The average molecular weight is 303 g/mol. The van der Waals surface area contributed by atoms with Crippen molar-refractivity contribution in [3.05, 3.63) is 54.3 Å². The van der Waals surface area contributed by atoms with Gasteiger partial charge in [0, 0.05) is 18.4 Å². The van der Waals surface area contributed by atoms with Gasteiger partial charge in [-0.05, 0) is 24.3 Å². The Morgan fingerprint density at radius 1 is 1.24 bits per heavy atom. The molecule has 0 aromatic heterocycles. The van der Waals surface area contributed by atoms with Crippen LogP contribution in [0.2, 0.25) is 0 Å². The van der Waals surface area contributed by atoms with Gasteiger partial charge in [0.05, 0.1) is 11.3 Å². The molecule has 1 amide bonds. The predicted molar refractivity (Wildman–Crippen MR) is 80.2 cm³/mol. The summed E-state index contributed by atoms with van der Waals surface area (Å²) < 4.78 is 27.0. The lowest BCUT2D eigenvalue weighted by atomic mass is 10.1. The van der Waals surface area contributed by atoms with Crippen LogP contribution in [0.25, 0.3) is 0 Å². The molecule has 1 aromatic rings. The number of fused-ring (bicyclic) bond motifs is 1. The van der Waals surface area contributed by atoms with Crippen LogP contribution in [0.15, 0.2) is 58.7 Å². The van der Waals surface area contributed by atoms with Gasteiger partial charge in [-0.2, -0.15) is 0 Å². The van der Waals surface area contributed by atoms with Crippen molar-refractivity contribution in [2.24, 2.45) is 4.40 Å². The molecule has 0 radical (unpaired) electrons. The maximum Gasteiger partial charge on any atom is 0.259 e. The number of para-hydroxylation sites is 1. The van der Waals surface area contributed by atoms with Crippen molar-refractivity contribution in [2.45, 2.75) is 0 Å². The second kappa shape index (κ2) is 5.17. The molecule has 2 aliphatic rings. The fourth-order valence-corrected chi connectivity index (χ4v) is 3.10. The van der Waals surface area contributed by atoms with Gasteiger partial charge in [0.2, 0.25) is 0 Å². The summed E-state index contributed by atoms with van der Waals surface area (Å²) in [6.45, 7) is 0.299. The SMILES string of the molecule is O=C(Nc1ccccc1)C1=CC=CN2CCS(=O)(=O)N=C12. The molecule has 108 valence electrons. The lowest BCUT2D eigenvalue weighted by Gasteiger charge is -2.28. The van der Waals surface area contributed by atoms with E-state index in [1.165, 1.54) is 0 Å². The Balaban J connectivity index is 1.90. The molecule has 0 atom stereocenters. The zero-order chi connectivity index (χ0) is 14.9. The lowest BCUT2D eigenvalue weighted by molar-refractivity contribution is -0.112. The molecule has 0 saturated carbocycles. The molecule has 0 unspecified atom stereocenters. The first-order chi connectivity index (χ1) is 10.1. The van der Waals surface area contributed by atoms with Gasteiger partial charge in [0.15, 0.2) is 5.84 Å². The number of hydrogen-bond acceptors (Lipinski definition) is 4. The number of sulfonamides is 1. The first-order valence-electron chi connectivity index (χ1n) is 6.40. The van der Waals surface area contributed by atoms with E-state index in [9.17, 15) is 13.2 Å². The van der Waals surface area contributed by atoms with Gasteiger partial charge in [-0.25, -0.2) is 8.42 Å². The van der Waals surface area contributed by atoms with Crippen LogP contribution >= 0.6 is 0 Å². The topological polar surface area (TPSA) is 78.8 Å². The Kier molecular flexibility index (Phi) is 3.34. The molecule has 0 aliphatic carbocycles. The third-order valence-electron chi connectivity index (χ3n) is 3.13. The molecule has 7 heteroatoms. The Morgan fingerprint density at radius 2 is 2.00 bits per heavy atom. The van der Waals surface area contributed by atoms with Crippen LogP contribution in [-0.2, 0) is 14.8 Å². The van der Waals surface area contributed by atoms with Crippen molar-refractivity contribution in [1.82, 2.24) is 4.90 Å². The van der Waals surface area contributed by atoms with Crippen LogP contribution in [-0.4, -0.2) is 37.4 Å². The summed E-state index contributed by atoms with van der Waals surface area (Å²) in [5.41, 5.74) is 0.883. The number of benzene rings is 1. The van der Waals surface area contributed by atoms with Gasteiger partial charge in [-0.15, -0.1) is 4.40 Å². The van der Waals surface area contributed by atoms with Gasteiger partial charge < -0.3 is 10.2 Å². The van der Waals surface area contributed by atoms with E-state index >= 15 is 0 Å². The number of amides is 1. The maximum atomic E-state index is 12.3. The second-order valence-electron chi connectivity index (χ2n) is 4.64. The maximum absolute atomic E-state index is 12.3. The Bertz CT molecular complexity index is 764. The van der Waals surface area contributed by atoms with Crippen LogP contribution in [0.5, 0.6) is 0 Å². The summed E-state index contributed by atoms with van der Waals surface area (Å²) in [4.78, 5) is 14.0. The smallest absolute Gasteiger partial charge is 0.259 e. The predicted octanol–water partition coefficient (Wildman–Crippen LogP) is 1.12. The van der Waals surface area contributed by atoms with Crippen LogP contribution in [0.4, 0.5) is 5.69 Å². The van der Waals surface area contributed by atoms with Crippen molar-refractivity contribution < 1.29 is 13.2 Å². The Hall–Kier alpha value is -2.41. The van der Waals surface area contributed by atoms with Gasteiger partial charge in [-0.1, -0.05) is 18.2 Å². The van der Waals surface area contributed by atoms with Crippen LogP contribution in [0, 0.1) is 0 Å². The highest BCUT2D eigenvalue weighted by Gasteiger charge is 2.29. The second-order valence-corrected chi connectivity index (χ2v) is 6.39. The van der Waals surface area contributed by atoms with Crippen molar-refractivity contribution in [2.75, 3.05) is 17.6 Å². The minimum Gasteiger partial charge on any atom is -0.331 e. The number of allylic oxidation sites excluding steroid dienone is 2. The van der Waals surface area contributed by atoms with E-state index < -0.39 is 10.0 Å². The molecule has 0 fully saturated rings. The number of carbonyl (C=O) groups is 1. The molecule has 6 nitrogen and oxygen atoms in total. The summed E-state index contributed by atoms with van der Waals surface area (Å²) in [7, 11) is -3.50. The van der Waals surface area contributed by atoms with Crippen LogP contribution in [0.1, 0.15) is 0 Å². The van der Waals surface area contributed by atoms with Crippen molar-refractivity contribution in [1.29, 1.82) is 0 Å². The molecule has 0 bridgehead atoms. The van der Waals surface area contributed by atoms with E-state index in [1.54, 1.807) is 47.5 Å². The molecule has 1 aromatic carbocycles. The summed E-state index contributed by atoms with van der Waals surface area (Å²) in [5, 5.41) is 2.73. The number of anilines is 1. The molecular weight excluding hydrogens is 290 g/mol. The van der Waals surface area contributed by atoms with Crippen LogP contribution < -0.4 is 5.32 Å². The van der Waals surface area contributed by atoms with Crippen LogP contribution in [0.3, 0.4) is 0 Å². The van der Waals surface area contributed by atoms with E-state index in [0.29, 0.717) is 12.2 Å². The van der Waals surface area contributed by atoms with Gasteiger partial charge in [0.25, 0.3) is 15.9 Å². The van der Waals surface area contributed by atoms with E-state index in [0.717, 1.165) is 0 Å². The fourth-order valence-electron chi connectivity index (χ4n) is 2.11. The standard InChI is InChI=1S/C14H13N3O3S/c18-14(15-11-5-2-1-3-6-11)12-7-4-8-17-9-10-21(19,20)16-13(12)17/h1-8H,9-10H2,(H,15,18). The number of nitrogens with zero attached hydrogens (tertiary/aromatic N) is 2. The van der Waals surface area contributed by atoms with Crippen molar-refractivity contribution in [3.63, 3.8) is 0 Å². The van der Waals surface area contributed by atoms with Gasteiger partial charge in [0.1, 0.15) is 0 Å².